The molecule has 0 saturated carbocycles. The Morgan fingerprint density at radius 1 is 1.19 bits per heavy atom. The number of hydrogen-bond donors (Lipinski definition) is 1. The van der Waals surface area contributed by atoms with E-state index in [-0.39, 0.29) is 12.6 Å². The zero-order chi connectivity index (χ0) is 15.6. The fourth-order valence-electron chi connectivity index (χ4n) is 1.86. The van der Waals surface area contributed by atoms with E-state index in [0.717, 1.165) is 4.88 Å². The molecular weight excluding hydrogens is 306 g/mol. The second-order valence-corrected chi connectivity index (χ2v) is 5.55. The lowest BCUT2D eigenvalue weighted by Crippen LogP contribution is -2.27. The molecule has 2 rings (SSSR count). The van der Waals surface area contributed by atoms with E-state index in [1.54, 1.807) is 14.1 Å². The molecule has 0 aromatic carbocycles. The van der Waals surface area contributed by atoms with E-state index in [4.69, 9.17) is 0 Å². The number of halogens is 4. The molecule has 2 heterocycles. The van der Waals surface area contributed by atoms with Gasteiger partial charge in [0.05, 0.1) is 6.04 Å². The van der Waals surface area contributed by atoms with Crippen LogP contribution in [0.3, 0.4) is 0 Å². The van der Waals surface area contributed by atoms with E-state index in [0.29, 0.717) is 0 Å². The molecule has 0 aliphatic carbocycles. The molecule has 0 radical (unpaired) electrons. The quantitative estimate of drug-likeness (QED) is 0.676. The first-order valence-corrected chi connectivity index (χ1v) is 6.93. The van der Waals surface area contributed by atoms with E-state index in [9.17, 15) is 17.6 Å². The van der Waals surface area contributed by atoms with E-state index in [1.165, 1.54) is 11.3 Å². The van der Waals surface area contributed by atoms with Crippen LogP contribution in [0.15, 0.2) is 17.5 Å². The van der Waals surface area contributed by atoms with Crippen molar-refractivity contribution in [2.75, 3.05) is 26.0 Å². The molecule has 0 fully saturated rings. The van der Waals surface area contributed by atoms with Crippen LogP contribution in [0.5, 0.6) is 0 Å². The molecule has 2 aromatic rings. The summed E-state index contributed by atoms with van der Waals surface area (Å²) in [5.74, 6) is -6.40. The van der Waals surface area contributed by atoms with Gasteiger partial charge in [-0.25, -0.2) is 0 Å². The summed E-state index contributed by atoms with van der Waals surface area (Å²) in [7, 11) is 3.60. The SMILES string of the molecule is CN(C)C(CNc1c(F)c(F)nc(F)c1F)c1cccs1. The van der Waals surface area contributed by atoms with Crippen molar-refractivity contribution in [1.82, 2.24) is 9.88 Å². The van der Waals surface area contributed by atoms with E-state index < -0.39 is 29.2 Å². The smallest absolute Gasteiger partial charge is 0.253 e. The summed E-state index contributed by atoms with van der Waals surface area (Å²) >= 11 is 1.48. The van der Waals surface area contributed by atoms with Crippen LogP contribution in [0, 0.1) is 23.5 Å². The number of aromatic nitrogens is 1. The maximum atomic E-state index is 13.5. The van der Waals surface area contributed by atoms with Gasteiger partial charge in [-0.2, -0.15) is 22.5 Å². The summed E-state index contributed by atoms with van der Waals surface area (Å²) in [5.41, 5.74) is -0.844. The van der Waals surface area contributed by atoms with E-state index in [2.05, 4.69) is 10.3 Å². The number of nitrogens with zero attached hydrogens (tertiary/aromatic N) is 2. The molecule has 21 heavy (non-hydrogen) atoms. The number of rotatable bonds is 5. The Labute approximate surface area is 123 Å². The molecule has 0 bridgehead atoms. The summed E-state index contributed by atoms with van der Waals surface area (Å²) < 4.78 is 53.1. The largest absolute Gasteiger partial charge is 0.378 e. The van der Waals surface area contributed by atoms with Gasteiger partial charge in [-0.1, -0.05) is 6.07 Å². The van der Waals surface area contributed by atoms with Crippen LogP contribution in [-0.4, -0.2) is 30.5 Å². The fraction of sp³-hybridized carbons (Fsp3) is 0.308. The third-order valence-corrected chi connectivity index (χ3v) is 3.94. The highest BCUT2D eigenvalue weighted by atomic mass is 32.1. The Balaban J connectivity index is 2.23. The van der Waals surface area contributed by atoms with Gasteiger partial charge in [0.25, 0.3) is 11.9 Å². The van der Waals surface area contributed by atoms with Gasteiger partial charge >= 0.3 is 0 Å². The van der Waals surface area contributed by atoms with Gasteiger partial charge in [0.1, 0.15) is 5.69 Å². The van der Waals surface area contributed by atoms with E-state index in [1.807, 2.05) is 22.4 Å². The summed E-state index contributed by atoms with van der Waals surface area (Å²) in [4.78, 5) is 5.31. The first-order chi connectivity index (χ1) is 9.91. The van der Waals surface area contributed by atoms with Crippen molar-refractivity contribution in [3.05, 3.63) is 45.9 Å². The molecule has 1 N–H and O–H groups in total. The highest BCUT2D eigenvalue weighted by molar-refractivity contribution is 7.10. The monoisotopic (exact) mass is 319 g/mol. The average molecular weight is 319 g/mol. The number of pyridine rings is 1. The molecule has 1 atom stereocenters. The van der Waals surface area contributed by atoms with Crippen molar-refractivity contribution in [2.45, 2.75) is 6.04 Å². The molecular formula is C13H13F4N3S. The Morgan fingerprint density at radius 2 is 1.81 bits per heavy atom. The van der Waals surface area contributed by atoms with Crippen molar-refractivity contribution < 1.29 is 17.6 Å². The predicted octanol–water partition coefficient (Wildman–Crippen LogP) is 3.41. The van der Waals surface area contributed by atoms with Crippen LogP contribution in [0.25, 0.3) is 0 Å². The molecule has 3 nitrogen and oxygen atoms in total. The summed E-state index contributed by atoms with van der Waals surface area (Å²) in [6.45, 7) is 0.0875. The van der Waals surface area contributed by atoms with Crippen LogP contribution in [0.1, 0.15) is 10.9 Å². The van der Waals surface area contributed by atoms with Crippen LogP contribution >= 0.6 is 11.3 Å². The Morgan fingerprint density at radius 3 is 2.29 bits per heavy atom. The van der Waals surface area contributed by atoms with Crippen molar-refractivity contribution >= 4 is 17.0 Å². The molecule has 114 valence electrons. The average Bonchev–Trinajstić information content (AvgIpc) is 2.94. The Kier molecular flexibility index (Phi) is 4.79. The summed E-state index contributed by atoms with van der Waals surface area (Å²) in [5, 5.41) is 4.30. The summed E-state index contributed by atoms with van der Waals surface area (Å²) in [6.07, 6.45) is 0. The van der Waals surface area contributed by atoms with Crippen molar-refractivity contribution in [2.24, 2.45) is 0 Å². The fourth-order valence-corrected chi connectivity index (χ4v) is 2.78. The third kappa shape index (κ3) is 3.33. The lowest BCUT2D eigenvalue weighted by Gasteiger charge is -2.24. The number of thiophene rings is 1. The van der Waals surface area contributed by atoms with Crippen LogP contribution in [0.4, 0.5) is 23.2 Å². The maximum Gasteiger partial charge on any atom is 0.253 e. The lowest BCUT2D eigenvalue weighted by molar-refractivity contribution is 0.315. The normalized spacial score (nSPS) is 12.7. The van der Waals surface area contributed by atoms with Gasteiger partial charge in [0.2, 0.25) is 11.6 Å². The van der Waals surface area contributed by atoms with Gasteiger partial charge in [-0.3, -0.25) is 0 Å². The molecule has 8 heteroatoms. The maximum absolute atomic E-state index is 13.5. The van der Waals surface area contributed by atoms with Crippen molar-refractivity contribution in [3.8, 4) is 0 Å². The molecule has 0 aliphatic rings. The molecule has 1 unspecified atom stereocenters. The Hall–Kier alpha value is -1.67. The number of nitrogens with one attached hydrogen (secondary N) is 1. The number of likely N-dealkylation sites (N-methyl/N-ethyl adjacent to an activating group) is 1. The van der Waals surface area contributed by atoms with Gasteiger partial charge in [-0.15, -0.1) is 11.3 Å². The minimum absolute atomic E-state index is 0.0875. The lowest BCUT2D eigenvalue weighted by atomic mass is 10.2. The number of anilines is 1. The standard InChI is InChI=1S/C13H13F4N3S/c1-20(2)7(8-4-3-5-21-8)6-18-11-9(14)12(16)19-13(17)10(11)15/h3-5,7H,6H2,1-2H3,(H,18,19). The van der Waals surface area contributed by atoms with Gasteiger partial charge in [-0.05, 0) is 25.5 Å². The first kappa shape index (κ1) is 15.7. The minimum atomic E-state index is -1.67. The second-order valence-electron chi connectivity index (χ2n) is 4.57. The van der Waals surface area contributed by atoms with Crippen LogP contribution in [-0.2, 0) is 0 Å². The topological polar surface area (TPSA) is 28.2 Å². The van der Waals surface area contributed by atoms with Gasteiger partial charge in [0.15, 0.2) is 0 Å². The van der Waals surface area contributed by atoms with Gasteiger partial charge < -0.3 is 10.2 Å². The van der Waals surface area contributed by atoms with Crippen LogP contribution < -0.4 is 5.32 Å². The highest BCUT2D eigenvalue weighted by Crippen LogP contribution is 2.26. The first-order valence-electron chi connectivity index (χ1n) is 6.05. The van der Waals surface area contributed by atoms with Crippen molar-refractivity contribution in [3.63, 3.8) is 0 Å². The van der Waals surface area contributed by atoms with Crippen LogP contribution in [0.2, 0.25) is 0 Å². The van der Waals surface area contributed by atoms with E-state index >= 15 is 0 Å². The predicted molar refractivity (Wildman–Crippen MR) is 73.3 cm³/mol. The summed E-state index contributed by atoms with van der Waals surface area (Å²) in [6, 6.07) is 3.53. The highest BCUT2D eigenvalue weighted by Gasteiger charge is 2.22. The molecule has 0 amide bonds. The number of hydrogen-bond acceptors (Lipinski definition) is 4. The van der Waals surface area contributed by atoms with Crippen molar-refractivity contribution in [1.29, 1.82) is 0 Å². The molecule has 2 aromatic heterocycles. The Bertz CT molecular complexity index is 590. The minimum Gasteiger partial charge on any atom is -0.378 e. The molecule has 0 spiro atoms. The second kappa shape index (κ2) is 6.40. The van der Waals surface area contributed by atoms with Gasteiger partial charge in [0, 0.05) is 11.4 Å². The third-order valence-electron chi connectivity index (χ3n) is 2.96. The molecule has 0 saturated heterocycles. The zero-order valence-electron chi connectivity index (χ0n) is 11.3. The zero-order valence-corrected chi connectivity index (χ0v) is 12.1. The molecule has 0 aliphatic heterocycles.